The first-order chi connectivity index (χ1) is 8.91. The number of nitrogens with zero attached hydrogens (tertiary/aromatic N) is 1. The quantitative estimate of drug-likeness (QED) is 0.524. The van der Waals surface area contributed by atoms with Gasteiger partial charge in [-0.2, -0.15) is 0 Å². The summed E-state index contributed by atoms with van der Waals surface area (Å²) in [4.78, 5) is 23.0. The molecule has 0 aliphatic carbocycles. The van der Waals surface area contributed by atoms with E-state index in [1.807, 2.05) is 18.7 Å². The summed E-state index contributed by atoms with van der Waals surface area (Å²) < 4.78 is 5.42. The number of carboxylic acid groups (broad SMARTS) is 2. The topological polar surface area (TPSA) is 87.1 Å². The monoisotopic (exact) mass is 275 g/mol. The predicted molar refractivity (Wildman–Crippen MR) is 71.3 cm³/mol. The Kier molecular flexibility index (Phi) is 10.1. The van der Waals surface area contributed by atoms with Gasteiger partial charge in [0.25, 0.3) is 0 Å². The van der Waals surface area contributed by atoms with Gasteiger partial charge in [-0.3, -0.25) is 9.59 Å². The van der Waals surface area contributed by atoms with Crippen LogP contribution in [0.2, 0.25) is 0 Å². The van der Waals surface area contributed by atoms with Crippen molar-refractivity contribution in [2.24, 2.45) is 0 Å². The molecule has 6 heteroatoms. The maximum Gasteiger partial charge on any atom is 0.304 e. The van der Waals surface area contributed by atoms with Crippen molar-refractivity contribution in [1.29, 1.82) is 0 Å². The third-order valence-electron chi connectivity index (χ3n) is 2.58. The fraction of sp³-hybridized carbons (Fsp3) is 0.846. The van der Waals surface area contributed by atoms with Gasteiger partial charge in [0.05, 0.1) is 12.5 Å². The first kappa shape index (κ1) is 17.9. The van der Waals surface area contributed by atoms with Gasteiger partial charge in [0.15, 0.2) is 0 Å². The van der Waals surface area contributed by atoms with Gasteiger partial charge in [-0.15, -0.1) is 0 Å². The van der Waals surface area contributed by atoms with Crippen LogP contribution in [0.15, 0.2) is 0 Å². The Hall–Kier alpha value is -1.14. The van der Waals surface area contributed by atoms with E-state index in [4.69, 9.17) is 14.9 Å². The van der Waals surface area contributed by atoms with Crippen molar-refractivity contribution < 1.29 is 24.5 Å². The van der Waals surface area contributed by atoms with E-state index >= 15 is 0 Å². The molecule has 0 unspecified atom stereocenters. The molecule has 2 N–H and O–H groups in total. The molecular weight excluding hydrogens is 250 g/mol. The Bertz CT molecular complexity index is 268. The second-order valence-electron chi connectivity index (χ2n) is 4.76. The number of hydrogen-bond acceptors (Lipinski definition) is 4. The maximum atomic E-state index is 10.6. The molecule has 0 aliphatic heterocycles. The van der Waals surface area contributed by atoms with Crippen LogP contribution in [0.4, 0.5) is 0 Å². The Morgan fingerprint density at radius 1 is 1.00 bits per heavy atom. The summed E-state index contributed by atoms with van der Waals surface area (Å²) in [6.07, 6.45) is 1.76. The minimum absolute atomic E-state index is 0.0815. The smallest absolute Gasteiger partial charge is 0.304 e. The summed E-state index contributed by atoms with van der Waals surface area (Å²) >= 11 is 0. The molecule has 0 bridgehead atoms. The van der Waals surface area contributed by atoms with Gasteiger partial charge >= 0.3 is 11.9 Å². The molecule has 0 aliphatic rings. The van der Waals surface area contributed by atoms with E-state index in [9.17, 15) is 9.59 Å². The fourth-order valence-electron chi connectivity index (χ4n) is 1.65. The van der Waals surface area contributed by atoms with Crippen LogP contribution in [0.5, 0.6) is 0 Å². The Morgan fingerprint density at radius 2 is 1.58 bits per heavy atom. The lowest BCUT2D eigenvalue weighted by molar-refractivity contribution is -0.138. The lowest BCUT2D eigenvalue weighted by Crippen LogP contribution is -2.29. The number of hydrogen-bond donors (Lipinski definition) is 2. The SMILES string of the molecule is CC(C)OCCCN(CCCC(=O)O)CCC(=O)O. The molecule has 0 fully saturated rings. The summed E-state index contributed by atoms with van der Waals surface area (Å²) in [5.41, 5.74) is 0. The first-order valence-corrected chi connectivity index (χ1v) is 6.69. The fourth-order valence-corrected chi connectivity index (χ4v) is 1.65. The Balaban J connectivity index is 3.88. The lowest BCUT2D eigenvalue weighted by atomic mass is 10.2. The highest BCUT2D eigenvalue weighted by atomic mass is 16.5. The van der Waals surface area contributed by atoms with Gasteiger partial charge in [0.1, 0.15) is 0 Å². The number of rotatable bonds is 12. The first-order valence-electron chi connectivity index (χ1n) is 6.69. The van der Waals surface area contributed by atoms with E-state index < -0.39 is 11.9 Å². The van der Waals surface area contributed by atoms with Crippen LogP contribution >= 0.6 is 0 Å². The Morgan fingerprint density at radius 3 is 2.11 bits per heavy atom. The number of aliphatic carboxylic acids is 2. The van der Waals surface area contributed by atoms with E-state index in [0.717, 1.165) is 13.0 Å². The molecule has 19 heavy (non-hydrogen) atoms. The molecule has 112 valence electrons. The van der Waals surface area contributed by atoms with E-state index in [1.165, 1.54) is 0 Å². The minimum atomic E-state index is -0.832. The van der Waals surface area contributed by atoms with Crippen LogP contribution in [0.25, 0.3) is 0 Å². The second-order valence-corrected chi connectivity index (χ2v) is 4.76. The predicted octanol–water partition coefficient (Wildman–Crippen LogP) is 1.44. The largest absolute Gasteiger partial charge is 0.481 e. The van der Waals surface area contributed by atoms with E-state index in [2.05, 4.69) is 0 Å². The summed E-state index contributed by atoms with van der Waals surface area (Å²) in [5, 5.41) is 17.3. The van der Waals surface area contributed by atoms with Gasteiger partial charge in [-0.05, 0) is 33.2 Å². The molecule has 0 aromatic carbocycles. The van der Waals surface area contributed by atoms with Crippen molar-refractivity contribution in [3.05, 3.63) is 0 Å². The molecule has 0 rings (SSSR count). The van der Waals surface area contributed by atoms with Crippen molar-refractivity contribution in [3.63, 3.8) is 0 Å². The van der Waals surface area contributed by atoms with Crippen LogP contribution in [0.3, 0.4) is 0 Å². The molecule has 0 aromatic heterocycles. The van der Waals surface area contributed by atoms with E-state index in [-0.39, 0.29) is 18.9 Å². The van der Waals surface area contributed by atoms with Crippen LogP contribution in [0, 0.1) is 0 Å². The highest BCUT2D eigenvalue weighted by Gasteiger charge is 2.08. The number of ether oxygens (including phenoxy) is 1. The number of carbonyl (C=O) groups is 2. The van der Waals surface area contributed by atoms with Crippen molar-refractivity contribution in [1.82, 2.24) is 4.90 Å². The van der Waals surface area contributed by atoms with Crippen molar-refractivity contribution >= 4 is 11.9 Å². The van der Waals surface area contributed by atoms with Crippen molar-refractivity contribution in [3.8, 4) is 0 Å². The van der Waals surface area contributed by atoms with Crippen molar-refractivity contribution in [2.45, 2.75) is 45.6 Å². The zero-order chi connectivity index (χ0) is 14.7. The van der Waals surface area contributed by atoms with Gasteiger partial charge in [0, 0.05) is 26.1 Å². The molecular formula is C13H25NO5. The lowest BCUT2D eigenvalue weighted by Gasteiger charge is -2.21. The molecule has 6 nitrogen and oxygen atoms in total. The standard InChI is InChI=1S/C13H25NO5/c1-11(2)19-10-4-8-14(9-6-13(17)18)7-3-5-12(15)16/h11H,3-10H2,1-2H3,(H,15,16)(H,17,18). The molecule has 0 spiro atoms. The minimum Gasteiger partial charge on any atom is -0.481 e. The van der Waals surface area contributed by atoms with Crippen LogP contribution in [-0.2, 0) is 14.3 Å². The molecule has 0 saturated carbocycles. The third-order valence-corrected chi connectivity index (χ3v) is 2.58. The summed E-state index contributed by atoms with van der Waals surface area (Å²) in [6, 6.07) is 0. The second kappa shape index (κ2) is 10.8. The third kappa shape index (κ3) is 13.1. The zero-order valence-electron chi connectivity index (χ0n) is 11.8. The van der Waals surface area contributed by atoms with Gasteiger partial charge < -0.3 is 19.8 Å². The normalized spacial score (nSPS) is 11.2. The Labute approximate surface area is 114 Å². The molecule has 0 aromatic rings. The summed E-state index contributed by atoms with van der Waals surface area (Å²) in [7, 11) is 0. The molecule has 0 atom stereocenters. The highest BCUT2D eigenvalue weighted by Crippen LogP contribution is 2.01. The van der Waals surface area contributed by atoms with Crippen LogP contribution < -0.4 is 0 Å². The zero-order valence-corrected chi connectivity index (χ0v) is 11.8. The van der Waals surface area contributed by atoms with Crippen LogP contribution in [-0.4, -0.2) is 59.4 Å². The maximum absolute atomic E-state index is 10.6. The van der Waals surface area contributed by atoms with Crippen LogP contribution in [0.1, 0.15) is 39.5 Å². The average Bonchev–Trinajstić information content (AvgIpc) is 2.29. The molecule has 0 amide bonds. The van der Waals surface area contributed by atoms with Gasteiger partial charge in [-0.1, -0.05) is 0 Å². The van der Waals surface area contributed by atoms with E-state index in [1.54, 1.807) is 0 Å². The molecule has 0 saturated heterocycles. The highest BCUT2D eigenvalue weighted by molar-refractivity contribution is 5.67. The number of carboxylic acids is 2. The van der Waals surface area contributed by atoms with Gasteiger partial charge in [0.2, 0.25) is 0 Å². The average molecular weight is 275 g/mol. The van der Waals surface area contributed by atoms with Gasteiger partial charge in [-0.25, -0.2) is 0 Å². The summed E-state index contributed by atoms with van der Waals surface area (Å²) in [6.45, 7) is 6.38. The van der Waals surface area contributed by atoms with E-state index in [0.29, 0.717) is 26.1 Å². The molecule has 0 radical (unpaired) electrons. The summed E-state index contributed by atoms with van der Waals surface area (Å²) in [5.74, 6) is -1.65. The molecule has 0 heterocycles. The van der Waals surface area contributed by atoms with Crippen molar-refractivity contribution in [2.75, 3.05) is 26.2 Å².